The number of nitrogens with one attached hydrogen (secondary N) is 4. The maximum absolute atomic E-state index is 8.06. The number of rotatable bonds is 11. The summed E-state index contributed by atoms with van der Waals surface area (Å²) in [5, 5.41) is 20.4. The molecular weight excluding hydrogens is 538 g/mol. The molecule has 3 aromatic carbocycles. The SMILES string of the molecule is C/C=C(\C=C/C1=c2ccc3cc(/C(C=N)=C/Cc4ccc[nH]4)ccc3c2=[N+]1c1ccccc1)c1c[nH]c(C/C=C\C(C)=N)c1. The van der Waals surface area contributed by atoms with Gasteiger partial charge < -0.3 is 20.8 Å². The third kappa shape index (κ3) is 5.86. The molecule has 5 aromatic rings. The molecule has 0 saturated carbocycles. The lowest BCUT2D eigenvalue weighted by Gasteiger charge is -2.13. The predicted octanol–water partition coefficient (Wildman–Crippen LogP) is 7.51. The summed E-state index contributed by atoms with van der Waals surface area (Å²) >= 11 is 0. The van der Waals surface area contributed by atoms with Gasteiger partial charge in [0.2, 0.25) is 16.7 Å². The van der Waals surface area contributed by atoms with Gasteiger partial charge in [0, 0.05) is 66.8 Å². The Labute approximate surface area is 257 Å². The van der Waals surface area contributed by atoms with Crippen LogP contribution in [0.25, 0.3) is 27.6 Å². The minimum absolute atomic E-state index is 0.555. The maximum atomic E-state index is 8.06. The third-order valence-electron chi connectivity index (χ3n) is 7.95. The second kappa shape index (κ2) is 12.8. The highest BCUT2D eigenvalue weighted by Crippen LogP contribution is 2.24. The fourth-order valence-corrected chi connectivity index (χ4v) is 5.73. The van der Waals surface area contributed by atoms with Crippen LogP contribution in [0.4, 0.5) is 5.69 Å². The lowest BCUT2D eigenvalue weighted by atomic mass is 9.97. The van der Waals surface area contributed by atoms with Crippen molar-refractivity contribution in [1.29, 1.82) is 10.8 Å². The summed E-state index contributed by atoms with van der Waals surface area (Å²) in [7, 11) is 0. The van der Waals surface area contributed by atoms with Gasteiger partial charge in [0.25, 0.3) is 0 Å². The summed E-state index contributed by atoms with van der Waals surface area (Å²) in [5.41, 5.74) is 9.32. The van der Waals surface area contributed by atoms with E-state index in [1.54, 1.807) is 6.92 Å². The number of allylic oxidation sites excluding steroid dienone is 7. The summed E-state index contributed by atoms with van der Waals surface area (Å²) < 4.78 is 2.34. The lowest BCUT2D eigenvalue weighted by Crippen LogP contribution is -2.49. The highest BCUT2D eigenvalue weighted by Gasteiger charge is 2.28. The summed E-state index contributed by atoms with van der Waals surface area (Å²) in [5.74, 6) is 0. The van der Waals surface area contributed by atoms with Gasteiger partial charge in [-0.05, 0) is 90.1 Å². The summed E-state index contributed by atoms with van der Waals surface area (Å²) in [6.07, 6.45) is 19.4. The zero-order valence-corrected chi connectivity index (χ0v) is 25.1. The van der Waals surface area contributed by atoms with Crippen LogP contribution in [0.3, 0.4) is 0 Å². The van der Waals surface area contributed by atoms with E-state index in [4.69, 9.17) is 10.8 Å². The van der Waals surface area contributed by atoms with Gasteiger partial charge in [-0.25, -0.2) is 0 Å². The van der Waals surface area contributed by atoms with Crippen LogP contribution in [0, 0.1) is 10.8 Å². The Hall–Kier alpha value is -5.55. The van der Waals surface area contributed by atoms with E-state index >= 15 is 0 Å². The van der Waals surface area contributed by atoms with Gasteiger partial charge >= 0.3 is 0 Å². The van der Waals surface area contributed by atoms with Gasteiger partial charge in [-0.1, -0.05) is 48.6 Å². The molecule has 0 atom stereocenters. The minimum atomic E-state index is 0.555. The van der Waals surface area contributed by atoms with Crippen molar-refractivity contribution in [2.24, 2.45) is 0 Å². The van der Waals surface area contributed by atoms with Crippen LogP contribution in [0.15, 0.2) is 128 Å². The van der Waals surface area contributed by atoms with Gasteiger partial charge in [-0.15, -0.1) is 0 Å². The standard InChI is InChI=1S/C39H36N5/c1-3-28(32-24-34(43-26-32)10-7-9-27(2)41)17-21-38-37-20-16-30-23-29(31(25-40)14-18-33-11-8-22-42-33)15-19-36(30)39(37)44(38)35-12-5-4-6-13-35/h3-9,11-17,19-26,40-43H,10,18H2,1-2H3/q+1/b9-7-,21-17-,28-3+,31-14+,40-25?,41-27?. The number of fused-ring (bicyclic) bond motifs is 3. The Morgan fingerprint density at radius 2 is 1.70 bits per heavy atom. The molecule has 6 rings (SSSR count). The Morgan fingerprint density at radius 3 is 2.45 bits per heavy atom. The molecule has 4 N–H and O–H groups in total. The summed E-state index contributed by atoms with van der Waals surface area (Å²) in [6, 6.07) is 27.7. The molecule has 0 amide bonds. The molecule has 0 unspecified atom stereocenters. The number of hydrogen-bond donors (Lipinski definition) is 4. The van der Waals surface area contributed by atoms with E-state index in [0.29, 0.717) is 5.71 Å². The maximum Gasteiger partial charge on any atom is 0.233 e. The van der Waals surface area contributed by atoms with E-state index in [-0.39, 0.29) is 0 Å². The number of nitrogens with zero attached hydrogens (tertiary/aromatic N) is 1. The summed E-state index contributed by atoms with van der Waals surface area (Å²) in [6.45, 7) is 3.85. The van der Waals surface area contributed by atoms with Gasteiger partial charge in [0.05, 0.1) is 5.39 Å². The van der Waals surface area contributed by atoms with Gasteiger partial charge in [-0.2, -0.15) is 4.58 Å². The van der Waals surface area contributed by atoms with Crippen LogP contribution >= 0.6 is 0 Å². The molecule has 0 radical (unpaired) electrons. The van der Waals surface area contributed by atoms with Gasteiger partial charge in [0.1, 0.15) is 5.22 Å². The third-order valence-corrected chi connectivity index (χ3v) is 7.95. The van der Waals surface area contributed by atoms with Crippen molar-refractivity contribution in [3.8, 4) is 0 Å². The van der Waals surface area contributed by atoms with Gasteiger partial charge in [-0.3, -0.25) is 0 Å². The zero-order chi connectivity index (χ0) is 30.5. The van der Waals surface area contributed by atoms with Crippen molar-refractivity contribution < 1.29 is 0 Å². The smallest absolute Gasteiger partial charge is 0.233 e. The molecule has 2 aromatic heterocycles. The number of benzene rings is 3. The van der Waals surface area contributed by atoms with E-state index in [1.165, 1.54) is 22.2 Å². The Morgan fingerprint density at radius 1 is 0.841 bits per heavy atom. The number of aromatic nitrogens is 2. The average molecular weight is 575 g/mol. The predicted molar refractivity (Wildman–Crippen MR) is 185 cm³/mol. The van der Waals surface area contributed by atoms with E-state index in [9.17, 15) is 0 Å². The normalized spacial score (nSPS) is 13.6. The van der Waals surface area contributed by atoms with Crippen molar-refractivity contribution >= 4 is 45.2 Å². The molecule has 5 heteroatoms. The molecule has 44 heavy (non-hydrogen) atoms. The van der Waals surface area contributed by atoms with Crippen molar-refractivity contribution in [2.45, 2.75) is 26.7 Å². The zero-order valence-electron chi connectivity index (χ0n) is 25.1. The highest BCUT2D eigenvalue weighted by atomic mass is 15.1. The van der Waals surface area contributed by atoms with Crippen LogP contribution in [0.2, 0.25) is 0 Å². The molecule has 3 heterocycles. The lowest BCUT2D eigenvalue weighted by molar-refractivity contribution is 0.932. The Bertz CT molecular complexity index is 2100. The molecule has 0 spiro atoms. The molecule has 1 aliphatic heterocycles. The second-order valence-corrected chi connectivity index (χ2v) is 10.9. The molecule has 0 bridgehead atoms. The fraction of sp³-hybridized carbons (Fsp3) is 0.103. The van der Waals surface area contributed by atoms with Crippen molar-refractivity contribution in [3.05, 3.63) is 161 Å². The second-order valence-electron chi connectivity index (χ2n) is 10.9. The van der Waals surface area contributed by atoms with Crippen LogP contribution in [-0.2, 0) is 12.8 Å². The van der Waals surface area contributed by atoms with Gasteiger partial charge in [0.15, 0.2) is 0 Å². The van der Waals surface area contributed by atoms with E-state index in [0.717, 1.165) is 63.3 Å². The first-order valence-corrected chi connectivity index (χ1v) is 14.9. The molecular formula is C39H36N5+. The quantitative estimate of drug-likeness (QED) is 0.0715. The Balaban J connectivity index is 1.37. The minimum Gasteiger partial charge on any atom is -0.365 e. The highest BCUT2D eigenvalue weighted by molar-refractivity contribution is 6.09. The first-order valence-electron chi connectivity index (χ1n) is 14.9. The van der Waals surface area contributed by atoms with E-state index in [2.05, 4.69) is 119 Å². The molecule has 0 fully saturated rings. The van der Waals surface area contributed by atoms with Crippen LogP contribution in [0.1, 0.15) is 36.4 Å². The number of aromatic amines is 2. The van der Waals surface area contributed by atoms with Crippen LogP contribution < -0.4 is 15.2 Å². The van der Waals surface area contributed by atoms with Crippen LogP contribution in [0.5, 0.6) is 0 Å². The fourth-order valence-electron chi connectivity index (χ4n) is 5.73. The van der Waals surface area contributed by atoms with Crippen molar-refractivity contribution in [1.82, 2.24) is 14.5 Å². The number of para-hydroxylation sites is 1. The number of hydrogen-bond acceptors (Lipinski definition) is 2. The molecule has 1 aliphatic rings. The van der Waals surface area contributed by atoms with Crippen molar-refractivity contribution in [2.75, 3.05) is 0 Å². The first kappa shape index (κ1) is 28.6. The topological polar surface area (TPSA) is 82.3 Å². The number of H-pyrrole nitrogens is 2. The van der Waals surface area contributed by atoms with Crippen LogP contribution in [-0.4, -0.2) is 21.9 Å². The Kier molecular flexibility index (Phi) is 8.28. The largest absolute Gasteiger partial charge is 0.365 e. The van der Waals surface area contributed by atoms with E-state index < -0.39 is 0 Å². The first-order chi connectivity index (χ1) is 21.6. The molecule has 5 nitrogen and oxygen atoms in total. The average Bonchev–Trinajstić information content (AvgIpc) is 3.73. The monoisotopic (exact) mass is 574 g/mol. The van der Waals surface area contributed by atoms with E-state index in [1.807, 2.05) is 30.5 Å². The molecule has 216 valence electrons. The summed E-state index contributed by atoms with van der Waals surface area (Å²) in [4.78, 5) is 6.62. The molecule has 0 saturated heterocycles. The van der Waals surface area contributed by atoms with Crippen molar-refractivity contribution in [3.63, 3.8) is 0 Å². The molecule has 0 aliphatic carbocycles.